The molecular formula is C27H37N3O4. The molecule has 0 radical (unpaired) electrons. The smallest absolute Gasteiger partial charge is 0.252 e. The Hall–Kier alpha value is -3.06. The lowest BCUT2D eigenvalue weighted by Gasteiger charge is -2.33. The summed E-state index contributed by atoms with van der Waals surface area (Å²) in [5, 5.41) is 6.06. The molecule has 2 aromatic carbocycles. The highest BCUT2D eigenvalue weighted by atomic mass is 16.5. The SMILES string of the molecule is COc1cc(OC)cc(C(=O)NC(C(=O)NC2CCN(Cc3cccc(C)c3)CC2)C(C)C)c1. The van der Waals surface area contributed by atoms with Gasteiger partial charge in [0.05, 0.1) is 14.2 Å². The van der Waals surface area contributed by atoms with E-state index in [9.17, 15) is 9.59 Å². The third-order valence-electron chi connectivity index (χ3n) is 6.27. The Balaban J connectivity index is 1.55. The van der Waals surface area contributed by atoms with Gasteiger partial charge in [-0.1, -0.05) is 43.7 Å². The van der Waals surface area contributed by atoms with Gasteiger partial charge in [-0.15, -0.1) is 0 Å². The number of hydrogen-bond donors (Lipinski definition) is 2. The third kappa shape index (κ3) is 6.97. The number of hydrogen-bond acceptors (Lipinski definition) is 5. The summed E-state index contributed by atoms with van der Waals surface area (Å²) in [5.74, 6) is 0.507. The second-order valence-electron chi connectivity index (χ2n) is 9.34. The second-order valence-corrected chi connectivity index (χ2v) is 9.34. The summed E-state index contributed by atoms with van der Waals surface area (Å²) >= 11 is 0. The first-order valence-corrected chi connectivity index (χ1v) is 11.9. The number of likely N-dealkylation sites (tertiary alicyclic amines) is 1. The van der Waals surface area contributed by atoms with Gasteiger partial charge in [-0.25, -0.2) is 0 Å². The van der Waals surface area contributed by atoms with Crippen LogP contribution in [0.4, 0.5) is 0 Å². The molecule has 0 bridgehead atoms. The highest BCUT2D eigenvalue weighted by Gasteiger charge is 2.28. The monoisotopic (exact) mass is 467 g/mol. The van der Waals surface area contributed by atoms with E-state index in [0.717, 1.165) is 32.5 Å². The first kappa shape index (κ1) is 25.6. The number of carbonyl (C=O) groups is 2. The molecule has 1 aliphatic heterocycles. The molecule has 1 fully saturated rings. The van der Waals surface area contributed by atoms with Crippen LogP contribution in [-0.2, 0) is 11.3 Å². The molecule has 1 saturated heterocycles. The molecule has 0 aliphatic carbocycles. The highest BCUT2D eigenvalue weighted by molar-refractivity contribution is 5.98. The van der Waals surface area contributed by atoms with Crippen molar-refractivity contribution >= 4 is 11.8 Å². The van der Waals surface area contributed by atoms with E-state index < -0.39 is 6.04 Å². The van der Waals surface area contributed by atoms with E-state index in [2.05, 4.69) is 46.7 Å². The Morgan fingerprint density at radius 1 is 1.03 bits per heavy atom. The van der Waals surface area contributed by atoms with Gasteiger partial charge in [0.1, 0.15) is 17.5 Å². The zero-order valence-corrected chi connectivity index (χ0v) is 20.9. The molecule has 1 unspecified atom stereocenters. The fourth-order valence-electron chi connectivity index (χ4n) is 4.29. The Morgan fingerprint density at radius 2 is 1.68 bits per heavy atom. The standard InChI is InChI=1S/C27H37N3O4/c1-18(2)25(29-26(31)21-14-23(33-4)16-24(15-21)34-5)27(32)28-22-9-11-30(12-10-22)17-20-8-6-7-19(3)13-20/h6-8,13-16,18,22,25H,9-12,17H2,1-5H3,(H,28,32)(H,29,31). The number of carbonyl (C=O) groups excluding carboxylic acids is 2. The minimum atomic E-state index is -0.630. The molecule has 1 atom stereocenters. The van der Waals surface area contributed by atoms with E-state index in [4.69, 9.17) is 9.47 Å². The van der Waals surface area contributed by atoms with Crippen molar-refractivity contribution in [2.75, 3.05) is 27.3 Å². The van der Waals surface area contributed by atoms with Crippen molar-refractivity contribution in [1.29, 1.82) is 0 Å². The van der Waals surface area contributed by atoms with Crippen LogP contribution >= 0.6 is 0 Å². The highest BCUT2D eigenvalue weighted by Crippen LogP contribution is 2.23. The van der Waals surface area contributed by atoms with Crippen molar-refractivity contribution in [2.45, 2.75) is 52.2 Å². The molecule has 184 valence electrons. The van der Waals surface area contributed by atoms with Gasteiger partial charge in [-0.05, 0) is 43.4 Å². The molecule has 1 aliphatic rings. The number of piperidine rings is 1. The maximum atomic E-state index is 13.1. The summed E-state index contributed by atoms with van der Waals surface area (Å²) < 4.78 is 10.5. The van der Waals surface area contributed by atoms with E-state index in [1.807, 2.05) is 13.8 Å². The van der Waals surface area contributed by atoms with E-state index >= 15 is 0 Å². The predicted molar refractivity (Wildman–Crippen MR) is 133 cm³/mol. The van der Waals surface area contributed by atoms with Crippen LogP contribution in [0.5, 0.6) is 11.5 Å². The van der Waals surface area contributed by atoms with E-state index in [1.165, 1.54) is 25.3 Å². The number of benzene rings is 2. The fraction of sp³-hybridized carbons (Fsp3) is 0.481. The van der Waals surface area contributed by atoms with Crippen LogP contribution in [0.25, 0.3) is 0 Å². The van der Waals surface area contributed by atoms with Crippen molar-refractivity contribution in [3.63, 3.8) is 0 Å². The van der Waals surface area contributed by atoms with Crippen LogP contribution in [0.1, 0.15) is 48.2 Å². The lowest BCUT2D eigenvalue weighted by Crippen LogP contribution is -2.53. The quantitative estimate of drug-likeness (QED) is 0.590. The molecule has 34 heavy (non-hydrogen) atoms. The summed E-state index contributed by atoms with van der Waals surface area (Å²) in [5.41, 5.74) is 2.98. The molecule has 0 aromatic heterocycles. The minimum absolute atomic E-state index is 0.0575. The van der Waals surface area contributed by atoms with Crippen molar-refractivity contribution in [1.82, 2.24) is 15.5 Å². The van der Waals surface area contributed by atoms with Crippen LogP contribution in [0.15, 0.2) is 42.5 Å². The Bertz CT molecular complexity index is 961. The lowest BCUT2D eigenvalue weighted by atomic mass is 9.99. The summed E-state index contributed by atoms with van der Waals surface area (Å²) in [4.78, 5) is 28.4. The average Bonchev–Trinajstić information content (AvgIpc) is 2.82. The van der Waals surface area contributed by atoms with E-state index in [-0.39, 0.29) is 23.8 Å². The van der Waals surface area contributed by atoms with Gasteiger partial charge in [-0.2, -0.15) is 0 Å². The molecule has 3 rings (SSSR count). The maximum Gasteiger partial charge on any atom is 0.252 e. The van der Waals surface area contributed by atoms with E-state index in [1.54, 1.807) is 18.2 Å². The van der Waals surface area contributed by atoms with Crippen LogP contribution in [-0.4, -0.2) is 56.1 Å². The Labute approximate surface area is 202 Å². The lowest BCUT2D eigenvalue weighted by molar-refractivity contribution is -0.125. The number of rotatable bonds is 9. The van der Waals surface area contributed by atoms with Crippen LogP contribution < -0.4 is 20.1 Å². The number of nitrogens with zero attached hydrogens (tertiary/aromatic N) is 1. The number of nitrogens with one attached hydrogen (secondary N) is 2. The molecule has 0 spiro atoms. The van der Waals surface area contributed by atoms with Gasteiger partial charge in [0.25, 0.3) is 5.91 Å². The molecular weight excluding hydrogens is 430 g/mol. The van der Waals surface area contributed by atoms with Gasteiger partial charge in [-0.3, -0.25) is 14.5 Å². The second kappa shape index (κ2) is 11.9. The maximum absolute atomic E-state index is 13.1. The normalized spacial score (nSPS) is 15.6. The Morgan fingerprint density at radius 3 is 2.24 bits per heavy atom. The van der Waals surface area contributed by atoms with Gasteiger partial charge >= 0.3 is 0 Å². The van der Waals surface area contributed by atoms with Crippen molar-refractivity contribution in [3.05, 3.63) is 59.2 Å². The first-order chi connectivity index (χ1) is 16.3. The van der Waals surface area contributed by atoms with E-state index in [0.29, 0.717) is 17.1 Å². The third-order valence-corrected chi connectivity index (χ3v) is 6.27. The van der Waals surface area contributed by atoms with Gasteiger partial charge in [0.2, 0.25) is 5.91 Å². The predicted octanol–water partition coefficient (Wildman–Crippen LogP) is 3.55. The minimum Gasteiger partial charge on any atom is -0.497 e. The number of methoxy groups -OCH3 is 2. The molecule has 2 amide bonds. The zero-order valence-electron chi connectivity index (χ0n) is 20.9. The van der Waals surface area contributed by atoms with Gasteiger partial charge in [0, 0.05) is 37.3 Å². The number of aryl methyl sites for hydroxylation is 1. The van der Waals surface area contributed by atoms with Crippen LogP contribution in [0, 0.1) is 12.8 Å². The van der Waals surface area contributed by atoms with Crippen LogP contribution in [0.3, 0.4) is 0 Å². The van der Waals surface area contributed by atoms with Gasteiger partial charge < -0.3 is 20.1 Å². The summed E-state index contributed by atoms with van der Waals surface area (Å²) in [7, 11) is 3.07. The number of ether oxygens (including phenoxy) is 2. The first-order valence-electron chi connectivity index (χ1n) is 11.9. The zero-order chi connectivity index (χ0) is 24.7. The van der Waals surface area contributed by atoms with Crippen molar-refractivity contribution in [2.24, 2.45) is 5.92 Å². The van der Waals surface area contributed by atoms with Crippen molar-refractivity contribution < 1.29 is 19.1 Å². The summed E-state index contributed by atoms with van der Waals surface area (Å²) in [6.45, 7) is 8.77. The Kier molecular flexibility index (Phi) is 8.93. The molecule has 2 N–H and O–H groups in total. The largest absolute Gasteiger partial charge is 0.497 e. The molecule has 7 heteroatoms. The summed E-state index contributed by atoms with van der Waals surface area (Å²) in [6, 6.07) is 13.0. The molecule has 0 saturated carbocycles. The fourth-order valence-corrected chi connectivity index (χ4v) is 4.29. The number of amides is 2. The average molecular weight is 468 g/mol. The molecule has 2 aromatic rings. The topological polar surface area (TPSA) is 79.9 Å². The van der Waals surface area contributed by atoms with Crippen molar-refractivity contribution in [3.8, 4) is 11.5 Å². The van der Waals surface area contributed by atoms with Gasteiger partial charge in [0.15, 0.2) is 0 Å². The summed E-state index contributed by atoms with van der Waals surface area (Å²) in [6.07, 6.45) is 1.78. The molecule has 1 heterocycles. The molecule has 7 nitrogen and oxygen atoms in total. The van der Waals surface area contributed by atoms with Crippen LogP contribution in [0.2, 0.25) is 0 Å².